The Kier molecular flexibility index (Phi) is 5.16. The van der Waals surface area contributed by atoms with Crippen molar-refractivity contribution in [3.63, 3.8) is 0 Å². The molecule has 0 unspecified atom stereocenters. The first kappa shape index (κ1) is 16.3. The van der Waals surface area contributed by atoms with Gasteiger partial charge in [-0.1, -0.05) is 0 Å². The van der Waals surface area contributed by atoms with E-state index in [0.29, 0.717) is 0 Å². The molecule has 9 heteroatoms. The van der Waals surface area contributed by atoms with Crippen LogP contribution < -0.4 is 4.57 Å². The first-order valence-electron chi connectivity index (χ1n) is 5.75. The number of amidine groups is 1. The monoisotopic (exact) mass is 296 g/mol. The van der Waals surface area contributed by atoms with Gasteiger partial charge < -0.3 is 5.41 Å². The SMILES string of the molecule is CCn1cc[n+](C)c1.N#CC1=NC(C(F)(F)F)=NC1=C=[N-]. The van der Waals surface area contributed by atoms with Crippen LogP contribution in [0.15, 0.2) is 34.4 Å². The smallest absolute Gasteiger partial charge is 0.451 e. The van der Waals surface area contributed by atoms with Crippen molar-refractivity contribution in [3.05, 3.63) is 29.8 Å². The minimum atomic E-state index is -4.72. The predicted octanol–water partition coefficient (Wildman–Crippen LogP) is 1.38. The van der Waals surface area contributed by atoms with Gasteiger partial charge in [0, 0.05) is 0 Å². The number of aliphatic imine (C=N–C) groups is 2. The Labute approximate surface area is 118 Å². The Hall–Kier alpha value is -2.72. The lowest BCUT2D eigenvalue weighted by molar-refractivity contribution is -0.671. The lowest BCUT2D eigenvalue weighted by atomic mass is 10.3. The maximum atomic E-state index is 11.9. The minimum Gasteiger partial charge on any atom is -0.761 e. The molecule has 0 atom stereocenters. The summed E-state index contributed by atoms with van der Waals surface area (Å²) in [4.78, 5) is 5.70. The van der Waals surface area contributed by atoms with Crippen LogP contribution in [-0.2, 0) is 13.6 Å². The summed E-state index contributed by atoms with van der Waals surface area (Å²) in [6, 6.07) is 1.34. The van der Waals surface area contributed by atoms with E-state index in [9.17, 15) is 13.2 Å². The fourth-order valence-electron chi connectivity index (χ4n) is 1.31. The zero-order valence-electron chi connectivity index (χ0n) is 11.3. The zero-order chi connectivity index (χ0) is 16.0. The molecular weight excluding hydrogens is 285 g/mol. The zero-order valence-corrected chi connectivity index (χ0v) is 11.3. The molecule has 21 heavy (non-hydrogen) atoms. The molecule has 1 aliphatic heterocycles. The fraction of sp³-hybridized carbons (Fsp3) is 0.333. The largest absolute Gasteiger partial charge is 0.761 e. The molecule has 1 aromatic rings. The van der Waals surface area contributed by atoms with Crippen LogP contribution in [-0.4, -0.2) is 28.2 Å². The Bertz CT molecular complexity index is 668. The summed E-state index contributed by atoms with van der Waals surface area (Å²) in [5.41, 5.74) is -1.20. The molecule has 0 saturated carbocycles. The molecule has 1 aromatic heterocycles. The summed E-state index contributed by atoms with van der Waals surface area (Å²) in [6.45, 7) is 3.18. The van der Waals surface area contributed by atoms with E-state index in [4.69, 9.17) is 10.7 Å². The summed E-state index contributed by atoms with van der Waals surface area (Å²) in [5.74, 6) is -0.115. The number of aromatic nitrogens is 2. The van der Waals surface area contributed by atoms with E-state index in [1.54, 1.807) is 0 Å². The Morgan fingerprint density at radius 2 is 2.10 bits per heavy atom. The summed E-state index contributed by atoms with van der Waals surface area (Å²) < 4.78 is 39.9. The third-order valence-electron chi connectivity index (χ3n) is 2.31. The lowest BCUT2D eigenvalue weighted by Gasteiger charge is -1.99. The lowest BCUT2D eigenvalue weighted by Crippen LogP contribution is -2.23. The third-order valence-corrected chi connectivity index (χ3v) is 2.31. The molecule has 2 heterocycles. The molecule has 0 fully saturated rings. The topological polar surface area (TPSA) is 79.6 Å². The second-order valence-electron chi connectivity index (χ2n) is 3.88. The molecule has 2 rings (SSSR count). The van der Waals surface area contributed by atoms with Gasteiger partial charge >= 0.3 is 6.18 Å². The molecule has 0 bridgehead atoms. The number of aryl methyl sites for hydroxylation is 2. The Balaban J connectivity index is 0.000000235. The normalized spacial score (nSPS) is 13.6. The second kappa shape index (κ2) is 6.63. The number of allylic oxidation sites excluding steroid dienone is 1. The van der Waals surface area contributed by atoms with Crippen molar-refractivity contribution in [2.45, 2.75) is 19.6 Å². The van der Waals surface area contributed by atoms with Crippen molar-refractivity contribution in [2.24, 2.45) is 17.0 Å². The number of nitriles is 1. The summed E-state index contributed by atoms with van der Waals surface area (Å²) in [7, 11) is 2.02. The maximum Gasteiger partial charge on any atom is 0.451 e. The summed E-state index contributed by atoms with van der Waals surface area (Å²) in [6.07, 6.45) is 1.42. The molecular formula is C12H11F3N6. The van der Waals surface area contributed by atoms with E-state index in [0.717, 1.165) is 6.54 Å². The third kappa shape index (κ3) is 4.40. The highest BCUT2D eigenvalue weighted by Crippen LogP contribution is 2.23. The van der Waals surface area contributed by atoms with Crippen molar-refractivity contribution < 1.29 is 17.7 Å². The van der Waals surface area contributed by atoms with Crippen molar-refractivity contribution in [2.75, 3.05) is 0 Å². The summed E-state index contributed by atoms with van der Waals surface area (Å²) in [5, 5.41) is 16.5. The highest BCUT2D eigenvalue weighted by atomic mass is 19.4. The highest BCUT2D eigenvalue weighted by molar-refractivity contribution is 6.24. The van der Waals surface area contributed by atoms with E-state index in [1.807, 2.05) is 17.8 Å². The van der Waals surface area contributed by atoms with E-state index >= 15 is 0 Å². The molecule has 1 aliphatic rings. The number of nitrogens with zero attached hydrogens (tertiary/aromatic N) is 6. The van der Waals surface area contributed by atoms with E-state index in [1.165, 1.54) is 11.9 Å². The molecule has 6 nitrogen and oxygen atoms in total. The van der Waals surface area contributed by atoms with Crippen molar-refractivity contribution in [3.8, 4) is 6.07 Å². The Morgan fingerprint density at radius 1 is 1.43 bits per heavy atom. The van der Waals surface area contributed by atoms with Crippen molar-refractivity contribution in [1.29, 1.82) is 5.26 Å². The van der Waals surface area contributed by atoms with Gasteiger partial charge in [-0.2, -0.15) is 18.4 Å². The standard InChI is InChI=1S/C6F3N4.C6H11N2/c7-6(8,9)5-12-3(1-10)4(2-11)13-5;1-3-8-5-4-7(2)6-8/h;4-6H,3H2,1-2H3/q-1;+1. The van der Waals surface area contributed by atoms with Gasteiger partial charge in [0.05, 0.1) is 13.6 Å². The molecule has 0 N–H and O–H groups in total. The van der Waals surface area contributed by atoms with E-state index in [2.05, 4.69) is 34.0 Å². The number of halogens is 3. The number of imidazole rings is 1. The van der Waals surface area contributed by atoms with Crippen LogP contribution in [0.1, 0.15) is 6.92 Å². The second-order valence-corrected chi connectivity index (χ2v) is 3.88. The maximum absolute atomic E-state index is 11.9. The van der Waals surface area contributed by atoms with Gasteiger partial charge in [-0.3, -0.25) is 0 Å². The molecule has 0 spiro atoms. The van der Waals surface area contributed by atoms with Gasteiger partial charge in [-0.25, -0.2) is 25.0 Å². The van der Waals surface area contributed by atoms with Crippen LogP contribution >= 0.6 is 0 Å². The van der Waals surface area contributed by atoms with Crippen LogP contribution in [0.25, 0.3) is 5.41 Å². The van der Waals surface area contributed by atoms with E-state index in [-0.39, 0.29) is 0 Å². The Morgan fingerprint density at radius 3 is 2.38 bits per heavy atom. The number of hydrogen-bond acceptors (Lipinski definition) is 3. The van der Waals surface area contributed by atoms with Crippen molar-refractivity contribution in [1.82, 2.24) is 4.57 Å². The van der Waals surface area contributed by atoms with Crippen LogP contribution in [0.4, 0.5) is 13.2 Å². The number of hydrogen-bond donors (Lipinski definition) is 0. The molecule has 110 valence electrons. The minimum absolute atomic E-state index is 0.602. The average Bonchev–Trinajstić information content (AvgIpc) is 3.04. The molecule has 0 amide bonds. The van der Waals surface area contributed by atoms with Gasteiger partial charge in [0.2, 0.25) is 12.2 Å². The first-order chi connectivity index (χ1) is 9.81. The van der Waals surface area contributed by atoms with Crippen LogP contribution in [0.3, 0.4) is 0 Å². The highest BCUT2D eigenvalue weighted by Gasteiger charge is 2.39. The van der Waals surface area contributed by atoms with Crippen LogP contribution in [0.2, 0.25) is 0 Å². The fourth-order valence-corrected chi connectivity index (χ4v) is 1.31. The van der Waals surface area contributed by atoms with E-state index < -0.39 is 23.4 Å². The number of rotatable bonds is 1. The predicted molar refractivity (Wildman–Crippen MR) is 69.7 cm³/mol. The van der Waals surface area contributed by atoms with Crippen molar-refractivity contribution >= 4 is 17.4 Å². The molecule has 0 aromatic carbocycles. The van der Waals surface area contributed by atoms with Gasteiger partial charge in [0.25, 0.3) is 0 Å². The summed E-state index contributed by atoms with van der Waals surface area (Å²) >= 11 is 0. The van der Waals surface area contributed by atoms with Gasteiger partial charge in [-0.15, -0.1) is 0 Å². The van der Waals surface area contributed by atoms with Crippen LogP contribution in [0, 0.1) is 11.3 Å². The quantitative estimate of drug-likeness (QED) is 0.569. The van der Waals surface area contributed by atoms with Gasteiger partial charge in [0.15, 0.2) is 5.71 Å². The average molecular weight is 296 g/mol. The van der Waals surface area contributed by atoms with Gasteiger partial charge in [0.1, 0.15) is 24.2 Å². The molecule has 0 saturated heterocycles. The van der Waals surface area contributed by atoms with Gasteiger partial charge in [-0.05, 0) is 6.92 Å². The molecule has 0 radical (unpaired) electrons. The van der Waals surface area contributed by atoms with Crippen LogP contribution in [0.5, 0.6) is 0 Å². The molecule has 0 aliphatic carbocycles. The number of alkyl halides is 3. The first-order valence-corrected chi connectivity index (χ1v) is 5.75.